The van der Waals surface area contributed by atoms with Gasteiger partial charge in [0.1, 0.15) is 16.5 Å². The van der Waals surface area contributed by atoms with Gasteiger partial charge < -0.3 is 15.4 Å². The maximum Gasteiger partial charge on any atom is 0.303 e. The number of thiazole rings is 1. The highest BCUT2D eigenvalue weighted by Crippen LogP contribution is 2.28. The van der Waals surface area contributed by atoms with E-state index in [4.69, 9.17) is 4.74 Å². The van der Waals surface area contributed by atoms with Gasteiger partial charge in [-0.25, -0.2) is 4.98 Å². The van der Waals surface area contributed by atoms with Gasteiger partial charge in [0, 0.05) is 36.7 Å². The Morgan fingerprint density at radius 3 is 2.29 bits per heavy atom. The van der Waals surface area contributed by atoms with Crippen LogP contribution in [0.1, 0.15) is 74.6 Å². The Bertz CT molecular complexity index is 945. The van der Waals surface area contributed by atoms with Crippen LogP contribution in [0.15, 0.2) is 35.7 Å². The molecule has 0 radical (unpaired) electrons. The third-order valence-corrected chi connectivity index (χ3v) is 6.91. The molecule has 2 N–H and O–H groups in total. The van der Waals surface area contributed by atoms with Gasteiger partial charge in [-0.05, 0) is 38.3 Å². The van der Waals surface area contributed by atoms with Crippen molar-refractivity contribution in [2.45, 2.75) is 72.1 Å². The van der Waals surface area contributed by atoms with Crippen LogP contribution < -0.4 is 10.6 Å². The van der Waals surface area contributed by atoms with Crippen molar-refractivity contribution in [2.24, 2.45) is 11.8 Å². The summed E-state index contributed by atoms with van der Waals surface area (Å²) < 4.78 is 5.55. The van der Waals surface area contributed by atoms with E-state index in [1.807, 2.05) is 44.3 Å². The largest absolute Gasteiger partial charge is 0.455 e. The molecule has 0 saturated heterocycles. The van der Waals surface area contributed by atoms with Crippen molar-refractivity contribution in [3.05, 3.63) is 52.0 Å². The maximum atomic E-state index is 13.1. The van der Waals surface area contributed by atoms with Gasteiger partial charge in [0.05, 0.1) is 0 Å². The first-order chi connectivity index (χ1) is 16.1. The Balaban J connectivity index is 2.18. The topological polar surface area (TPSA) is 97.4 Å². The molecule has 186 valence electrons. The molecule has 0 spiro atoms. The zero-order valence-electron chi connectivity index (χ0n) is 21.0. The van der Waals surface area contributed by atoms with E-state index in [1.54, 1.807) is 12.3 Å². The van der Waals surface area contributed by atoms with Gasteiger partial charge in [0.15, 0.2) is 6.10 Å². The predicted octanol–water partition coefficient (Wildman–Crippen LogP) is 4.34. The number of carbonyl (C=O) groups is 3. The molecule has 0 aliphatic heterocycles. The summed E-state index contributed by atoms with van der Waals surface area (Å²) in [5.74, 6) is -0.409. The molecule has 0 saturated carbocycles. The van der Waals surface area contributed by atoms with Crippen LogP contribution in [0, 0.1) is 11.8 Å². The number of aromatic nitrogens is 1. The van der Waals surface area contributed by atoms with Gasteiger partial charge in [0.2, 0.25) is 0 Å². The average Bonchev–Trinajstić information content (AvgIpc) is 3.27. The van der Waals surface area contributed by atoms with Crippen molar-refractivity contribution < 1.29 is 19.1 Å². The second kappa shape index (κ2) is 13.3. The van der Waals surface area contributed by atoms with Crippen LogP contribution in [-0.2, 0) is 20.7 Å². The van der Waals surface area contributed by atoms with Crippen molar-refractivity contribution in [2.75, 3.05) is 7.05 Å². The minimum absolute atomic E-state index is 0.0942. The lowest BCUT2D eigenvalue weighted by molar-refractivity contribution is -0.147. The summed E-state index contributed by atoms with van der Waals surface area (Å²) in [4.78, 5) is 41.1. The molecule has 1 aromatic carbocycles. The summed E-state index contributed by atoms with van der Waals surface area (Å²) in [5.41, 5.74) is 1.38. The van der Waals surface area contributed by atoms with E-state index in [9.17, 15) is 14.4 Å². The summed E-state index contributed by atoms with van der Waals surface area (Å²) in [6.45, 7) is 9.03. The second-order valence-corrected chi connectivity index (χ2v) is 10.0. The molecule has 34 heavy (non-hydrogen) atoms. The van der Waals surface area contributed by atoms with Gasteiger partial charge >= 0.3 is 5.97 Å². The molecule has 0 bridgehead atoms. The number of nitrogens with one attached hydrogen (secondary N) is 2. The lowest BCUT2D eigenvalue weighted by atomic mass is 9.94. The number of carbonyl (C=O) groups excluding carboxylic acids is 3. The third-order valence-electron chi connectivity index (χ3n) is 5.97. The van der Waals surface area contributed by atoms with Crippen LogP contribution in [0.25, 0.3) is 0 Å². The van der Waals surface area contributed by atoms with E-state index in [-0.39, 0.29) is 41.4 Å². The minimum atomic E-state index is -0.526. The molecule has 7 nitrogen and oxygen atoms in total. The van der Waals surface area contributed by atoms with Gasteiger partial charge in [-0.1, -0.05) is 51.1 Å². The Morgan fingerprint density at radius 1 is 1.06 bits per heavy atom. The zero-order chi connectivity index (χ0) is 25.3. The van der Waals surface area contributed by atoms with Crippen LogP contribution in [0.5, 0.6) is 0 Å². The van der Waals surface area contributed by atoms with Gasteiger partial charge in [-0.15, -0.1) is 11.3 Å². The number of ketones is 1. The standard InChI is InChI=1S/C26H37N3O4S/c1-16(2)22(27-6)14-24(33-19(5)31)26-29-23(15-34-26)25(32)28-21(12-17(3)18(4)30)13-20-10-8-7-9-11-20/h7-11,15-17,21-22,24,27H,12-14H2,1-6H3,(H,28,32)/t17-,21+,22+,24+/m0/s1. The van der Waals surface area contributed by atoms with E-state index >= 15 is 0 Å². The quantitative estimate of drug-likeness (QED) is 0.408. The van der Waals surface area contributed by atoms with Gasteiger partial charge in [-0.3, -0.25) is 14.4 Å². The van der Waals surface area contributed by atoms with Crippen LogP contribution in [0.4, 0.5) is 0 Å². The predicted molar refractivity (Wildman–Crippen MR) is 135 cm³/mol. The second-order valence-electron chi connectivity index (χ2n) is 9.15. The number of esters is 1. The summed E-state index contributed by atoms with van der Waals surface area (Å²) in [6, 6.07) is 9.81. The number of amides is 1. The average molecular weight is 488 g/mol. The molecular formula is C26H37N3O4S. The lowest BCUT2D eigenvalue weighted by Crippen LogP contribution is -2.38. The molecule has 8 heteroatoms. The molecule has 0 unspecified atom stereocenters. The van der Waals surface area contributed by atoms with Gasteiger partial charge in [0.25, 0.3) is 5.91 Å². The first-order valence-electron chi connectivity index (χ1n) is 11.8. The number of benzene rings is 1. The van der Waals surface area contributed by atoms with Crippen LogP contribution in [-0.4, -0.2) is 41.8 Å². The summed E-state index contributed by atoms with van der Waals surface area (Å²) >= 11 is 1.31. The highest BCUT2D eigenvalue weighted by Gasteiger charge is 2.26. The number of hydrogen-bond acceptors (Lipinski definition) is 7. The highest BCUT2D eigenvalue weighted by atomic mass is 32.1. The molecule has 2 rings (SSSR count). The Morgan fingerprint density at radius 2 is 1.74 bits per heavy atom. The first-order valence-corrected chi connectivity index (χ1v) is 12.6. The number of nitrogens with zero attached hydrogens (tertiary/aromatic N) is 1. The van der Waals surface area contributed by atoms with Crippen molar-refractivity contribution in [1.29, 1.82) is 0 Å². The van der Waals surface area contributed by atoms with Crippen LogP contribution >= 0.6 is 11.3 Å². The Kier molecular flexibility index (Phi) is 10.9. The van der Waals surface area contributed by atoms with Crippen molar-refractivity contribution >= 4 is 29.0 Å². The van der Waals surface area contributed by atoms with E-state index in [0.717, 1.165) is 5.56 Å². The SMILES string of the molecule is CN[C@H](C[C@@H](OC(C)=O)c1nc(C(=O)N[C@@H](Cc2ccccc2)C[C@H](C)C(C)=O)cs1)C(C)C. The number of hydrogen-bond donors (Lipinski definition) is 2. The van der Waals surface area contributed by atoms with Crippen molar-refractivity contribution in [1.82, 2.24) is 15.6 Å². The molecule has 0 fully saturated rings. The number of ether oxygens (including phenoxy) is 1. The van der Waals surface area contributed by atoms with Crippen molar-refractivity contribution in [3.8, 4) is 0 Å². The van der Waals surface area contributed by atoms with E-state index in [0.29, 0.717) is 30.2 Å². The normalized spacial score (nSPS) is 14.8. The van der Waals surface area contributed by atoms with E-state index < -0.39 is 6.10 Å². The molecule has 0 aliphatic carbocycles. The number of rotatable bonds is 13. The molecule has 2 aromatic rings. The van der Waals surface area contributed by atoms with E-state index in [2.05, 4.69) is 29.5 Å². The smallest absolute Gasteiger partial charge is 0.303 e. The third kappa shape index (κ3) is 8.65. The fraction of sp³-hybridized carbons (Fsp3) is 0.538. The fourth-order valence-electron chi connectivity index (χ4n) is 3.84. The van der Waals surface area contributed by atoms with Crippen LogP contribution in [0.2, 0.25) is 0 Å². The first kappa shape index (κ1) is 27.7. The summed E-state index contributed by atoms with van der Waals surface area (Å²) in [6.07, 6.45) is 1.20. The molecule has 1 amide bonds. The lowest BCUT2D eigenvalue weighted by Gasteiger charge is -2.24. The highest BCUT2D eigenvalue weighted by molar-refractivity contribution is 7.09. The zero-order valence-corrected chi connectivity index (χ0v) is 21.8. The summed E-state index contributed by atoms with van der Waals surface area (Å²) in [7, 11) is 1.88. The molecule has 1 heterocycles. The van der Waals surface area contributed by atoms with Crippen molar-refractivity contribution in [3.63, 3.8) is 0 Å². The minimum Gasteiger partial charge on any atom is -0.455 e. The summed E-state index contributed by atoms with van der Waals surface area (Å²) in [5, 5.41) is 8.61. The van der Waals surface area contributed by atoms with Crippen LogP contribution in [0.3, 0.4) is 0 Å². The van der Waals surface area contributed by atoms with E-state index in [1.165, 1.54) is 18.3 Å². The molecule has 1 aromatic heterocycles. The van der Waals surface area contributed by atoms with Gasteiger partial charge in [-0.2, -0.15) is 0 Å². The monoisotopic (exact) mass is 487 g/mol. The molecule has 0 aliphatic rings. The maximum absolute atomic E-state index is 13.1. The Hall–Kier alpha value is -2.58. The molecular weight excluding hydrogens is 450 g/mol. The Labute approximate surface area is 206 Å². The number of Topliss-reactive ketones (excluding diaryl/α,β-unsaturated/α-hetero) is 1. The molecule has 4 atom stereocenters. The fourth-order valence-corrected chi connectivity index (χ4v) is 4.68.